The number of fused-ring (bicyclic) bond motifs is 1. The minimum atomic E-state index is -3.12. The van der Waals surface area contributed by atoms with E-state index in [9.17, 15) is 8.42 Å². The first kappa shape index (κ1) is 13.6. The summed E-state index contributed by atoms with van der Waals surface area (Å²) >= 11 is 5.58. The fourth-order valence-corrected chi connectivity index (χ4v) is 4.73. The molecule has 1 aliphatic heterocycles. The number of nitrogens with zero attached hydrogens (tertiary/aromatic N) is 1. The summed E-state index contributed by atoms with van der Waals surface area (Å²) in [6.45, 7) is 1.06. The van der Waals surface area contributed by atoms with Crippen molar-refractivity contribution < 1.29 is 13.2 Å². The van der Waals surface area contributed by atoms with E-state index < -0.39 is 10.0 Å². The molecule has 6 heteroatoms. The van der Waals surface area contributed by atoms with Crippen LogP contribution in [-0.2, 0) is 14.8 Å². The molecule has 2 unspecified atom stereocenters. The number of rotatable bonds is 5. The first-order valence-corrected chi connectivity index (χ1v) is 8.46. The first-order valence-electron chi connectivity index (χ1n) is 6.32. The van der Waals surface area contributed by atoms with Crippen LogP contribution in [0.3, 0.4) is 0 Å². The van der Waals surface area contributed by atoms with E-state index in [1.165, 1.54) is 0 Å². The Morgan fingerprint density at radius 1 is 1.29 bits per heavy atom. The lowest BCUT2D eigenvalue weighted by Gasteiger charge is -2.36. The number of ether oxygens (including phenoxy) is 1. The molecule has 4 nitrogen and oxygen atoms in total. The lowest BCUT2D eigenvalue weighted by molar-refractivity contribution is -0.0241. The Labute approximate surface area is 108 Å². The standard InChI is InChI=1S/C11H20ClNO3S/c12-6-1-2-9-17(14,15)13-7-8-16-11-5-3-4-10(11)13/h10-11H,1-9H2. The fraction of sp³-hybridized carbons (Fsp3) is 1.00. The van der Waals surface area contributed by atoms with Crippen molar-refractivity contribution in [1.29, 1.82) is 0 Å². The van der Waals surface area contributed by atoms with Gasteiger partial charge in [-0.3, -0.25) is 0 Å². The summed E-state index contributed by atoms with van der Waals surface area (Å²) in [5.41, 5.74) is 0. The van der Waals surface area contributed by atoms with Gasteiger partial charge in [0.15, 0.2) is 0 Å². The average molecular weight is 282 g/mol. The van der Waals surface area contributed by atoms with Gasteiger partial charge in [-0.25, -0.2) is 8.42 Å². The van der Waals surface area contributed by atoms with Crippen molar-refractivity contribution in [3.8, 4) is 0 Å². The number of hydrogen-bond donors (Lipinski definition) is 0. The number of sulfonamides is 1. The highest BCUT2D eigenvalue weighted by molar-refractivity contribution is 7.89. The molecule has 1 aliphatic carbocycles. The molecule has 2 aliphatic rings. The summed E-state index contributed by atoms with van der Waals surface area (Å²) in [4.78, 5) is 0. The molecule has 0 aromatic rings. The average Bonchev–Trinajstić information content (AvgIpc) is 2.76. The summed E-state index contributed by atoms with van der Waals surface area (Å²) in [7, 11) is -3.12. The van der Waals surface area contributed by atoms with Gasteiger partial charge in [-0.2, -0.15) is 4.31 Å². The van der Waals surface area contributed by atoms with Crippen molar-refractivity contribution in [2.75, 3.05) is 24.8 Å². The summed E-state index contributed by atoms with van der Waals surface area (Å²) in [6.07, 6.45) is 4.56. The maximum Gasteiger partial charge on any atom is 0.214 e. The maximum absolute atomic E-state index is 12.2. The van der Waals surface area contributed by atoms with Gasteiger partial charge >= 0.3 is 0 Å². The van der Waals surface area contributed by atoms with E-state index in [0.29, 0.717) is 25.5 Å². The van der Waals surface area contributed by atoms with Crippen LogP contribution in [0.1, 0.15) is 32.1 Å². The number of morpholine rings is 1. The summed E-state index contributed by atoms with van der Waals surface area (Å²) in [6, 6.07) is 0.0877. The Bertz CT molecular complexity index is 347. The van der Waals surface area contributed by atoms with E-state index >= 15 is 0 Å². The van der Waals surface area contributed by atoms with Gasteiger partial charge in [0.2, 0.25) is 10.0 Å². The van der Waals surface area contributed by atoms with Crippen LogP contribution < -0.4 is 0 Å². The molecule has 17 heavy (non-hydrogen) atoms. The lowest BCUT2D eigenvalue weighted by Crippen LogP contribution is -2.51. The Morgan fingerprint density at radius 2 is 2.12 bits per heavy atom. The smallest absolute Gasteiger partial charge is 0.214 e. The van der Waals surface area contributed by atoms with Crippen molar-refractivity contribution in [1.82, 2.24) is 4.31 Å². The zero-order valence-electron chi connectivity index (χ0n) is 9.98. The fourth-order valence-electron chi connectivity index (χ4n) is 2.73. The topological polar surface area (TPSA) is 46.6 Å². The Kier molecular flexibility index (Phi) is 4.69. The van der Waals surface area contributed by atoms with Gasteiger partial charge in [-0.05, 0) is 32.1 Å². The van der Waals surface area contributed by atoms with Crippen molar-refractivity contribution in [2.24, 2.45) is 0 Å². The highest BCUT2D eigenvalue weighted by Crippen LogP contribution is 2.31. The second-order valence-electron chi connectivity index (χ2n) is 4.73. The Balaban J connectivity index is 1.99. The number of halogens is 1. The Morgan fingerprint density at radius 3 is 2.88 bits per heavy atom. The molecule has 100 valence electrons. The summed E-state index contributed by atoms with van der Waals surface area (Å²) < 4.78 is 31.8. The van der Waals surface area contributed by atoms with Crippen LogP contribution in [0, 0.1) is 0 Å². The van der Waals surface area contributed by atoms with Crippen molar-refractivity contribution in [3.63, 3.8) is 0 Å². The van der Waals surface area contributed by atoms with Gasteiger partial charge in [-0.1, -0.05) is 0 Å². The summed E-state index contributed by atoms with van der Waals surface area (Å²) in [5, 5.41) is 0. The molecule has 0 aromatic heterocycles. The highest BCUT2D eigenvalue weighted by Gasteiger charge is 2.41. The van der Waals surface area contributed by atoms with Crippen molar-refractivity contribution in [2.45, 2.75) is 44.2 Å². The quantitative estimate of drug-likeness (QED) is 0.568. The minimum Gasteiger partial charge on any atom is -0.375 e. The number of hydrogen-bond acceptors (Lipinski definition) is 3. The van der Waals surface area contributed by atoms with E-state index in [1.54, 1.807) is 4.31 Å². The molecule has 2 rings (SSSR count). The Hall–Kier alpha value is 0.160. The molecule has 0 amide bonds. The molecule has 2 fully saturated rings. The van der Waals surface area contributed by atoms with Gasteiger partial charge in [0, 0.05) is 12.4 Å². The third-order valence-corrected chi connectivity index (χ3v) is 5.81. The van der Waals surface area contributed by atoms with Gasteiger partial charge in [0.25, 0.3) is 0 Å². The van der Waals surface area contributed by atoms with Crippen LogP contribution in [-0.4, -0.2) is 49.7 Å². The molecule has 0 spiro atoms. The van der Waals surface area contributed by atoms with E-state index in [2.05, 4.69) is 0 Å². The van der Waals surface area contributed by atoms with Gasteiger partial charge in [0.05, 0.1) is 24.5 Å². The molecule has 0 bridgehead atoms. The molecule has 1 saturated carbocycles. The summed E-state index contributed by atoms with van der Waals surface area (Å²) in [5.74, 6) is 0.758. The van der Waals surface area contributed by atoms with Crippen LogP contribution in [0.25, 0.3) is 0 Å². The molecule has 0 radical (unpaired) electrons. The second kappa shape index (κ2) is 5.87. The van der Waals surface area contributed by atoms with Crippen LogP contribution in [0.15, 0.2) is 0 Å². The highest BCUT2D eigenvalue weighted by atomic mass is 35.5. The van der Waals surface area contributed by atoms with Crippen molar-refractivity contribution >= 4 is 21.6 Å². The predicted molar refractivity (Wildman–Crippen MR) is 67.8 cm³/mol. The van der Waals surface area contributed by atoms with Crippen LogP contribution in [0.2, 0.25) is 0 Å². The van der Waals surface area contributed by atoms with Crippen LogP contribution in [0.5, 0.6) is 0 Å². The molecular formula is C11H20ClNO3S. The normalized spacial score (nSPS) is 30.4. The molecular weight excluding hydrogens is 262 g/mol. The van der Waals surface area contributed by atoms with Gasteiger partial charge in [0.1, 0.15) is 0 Å². The van der Waals surface area contributed by atoms with Gasteiger partial charge < -0.3 is 4.74 Å². The number of unbranched alkanes of at least 4 members (excludes halogenated alkanes) is 1. The van der Waals surface area contributed by atoms with Crippen molar-refractivity contribution in [3.05, 3.63) is 0 Å². The van der Waals surface area contributed by atoms with E-state index in [-0.39, 0.29) is 17.9 Å². The number of alkyl halides is 1. The van der Waals surface area contributed by atoms with E-state index in [1.807, 2.05) is 0 Å². The van der Waals surface area contributed by atoms with Gasteiger partial charge in [-0.15, -0.1) is 11.6 Å². The second-order valence-corrected chi connectivity index (χ2v) is 7.15. The molecule has 1 saturated heterocycles. The predicted octanol–water partition coefficient (Wildman–Crippen LogP) is 1.59. The maximum atomic E-state index is 12.2. The largest absolute Gasteiger partial charge is 0.375 e. The lowest BCUT2D eigenvalue weighted by atomic mass is 10.2. The molecule has 0 aromatic carbocycles. The zero-order chi connectivity index (χ0) is 12.3. The monoisotopic (exact) mass is 281 g/mol. The molecule has 2 atom stereocenters. The van der Waals surface area contributed by atoms with E-state index in [0.717, 1.165) is 25.7 Å². The SMILES string of the molecule is O=S(=O)(CCCCCl)N1CCOC2CCCC21. The third kappa shape index (κ3) is 3.13. The van der Waals surface area contributed by atoms with E-state index in [4.69, 9.17) is 16.3 Å². The zero-order valence-corrected chi connectivity index (χ0v) is 11.5. The first-order chi connectivity index (χ1) is 8.15. The third-order valence-electron chi connectivity index (χ3n) is 3.57. The van der Waals surface area contributed by atoms with Crippen LogP contribution >= 0.6 is 11.6 Å². The minimum absolute atomic E-state index is 0.0877. The van der Waals surface area contributed by atoms with Crippen LogP contribution in [0.4, 0.5) is 0 Å². The molecule has 0 N–H and O–H groups in total. The molecule has 1 heterocycles.